The van der Waals surface area contributed by atoms with Crippen LogP contribution in [0.5, 0.6) is 0 Å². The molecule has 0 saturated heterocycles. The summed E-state index contributed by atoms with van der Waals surface area (Å²) >= 11 is 3.44. The van der Waals surface area contributed by atoms with Gasteiger partial charge in [-0.3, -0.25) is 0 Å². The molecule has 0 aliphatic carbocycles. The summed E-state index contributed by atoms with van der Waals surface area (Å²) in [5.74, 6) is -0.201. The van der Waals surface area contributed by atoms with E-state index in [4.69, 9.17) is 0 Å². The predicted molar refractivity (Wildman–Crippen MR) is 64.3 cm³/mol. The molecule has 2 aromatic rings. The van der Waals surface area contributed by atoms with Gasteiger partial charge in [-0.1, -0.05) is 40.2 Å². The fraction of sp³-hybridized carbons (Fsp3) is 0.0769. The summed E-state index contributed by atoms with van der Waals surface area (Å²) < 4.78 is 14.1. The van der Waals surface area contributed by atoms with Gasteiger partial charge in [0, 0.05) is 4.47 Å². The van der Waals surface area contributed by atoms with Gasteiger partial charge in [0.1, 0.15) is 5.82 Å². The van der Waals surface area contributed by atoms with Crippen LogP contribution in [-0.4, -0.2) is 0 Å². The smallest absolute Gasteiger partial charge is 0.123 e. The highest BCUT2D eigenvalue weighted by Crippen LogP contribution is 2.25. The second-order valence-electron chi connectivity index (χ2n) is 3.47. The molecule has 0 aromatic heterocycles. The van der Waals surface area contributed by atoms with Crippen molar-refractivity contribution in [3.63, 3.8) is 0 Å². The van der Waals surface area contributed by atoms with Crippen LogP contribution in [0.3, 0.4) is 0 Å². The molecule has 0 nitrogen and oxygen atoms in total. The molecule has 0 unspecified atom stereocenters. The Morgan fingerprint density at radius 3 is 2.40 bits per heavy atom. The Hall–Kier alpha value is -1.15. The lowest BCUT2D eigenvalue weighted by Gasteiger charge is -2.04. The van der Waals surface area contributed by atoms with E-state index >= 15 is 0 Å². The Labute approximate surface area is 96.9 Å². The van der Waals surface area contributed by atoms with E-state index in [1.165, 1.54) is 6.07 Å². The predicted octanol–water partition coefficient (Wildman–Crippen LogP) is 4.56. The monoisotopic (exact) mass is 264 g/mol. The minimum absolute atomic E-state index is 0.201. The Morgan fingerprint density at radius 1 is 1.00 bits per heavy atom. The second kappa shape index (κ2) is 4.15. The van der Waals surface area contributed by atoms with Crippen molar-refractivity contribution in [2.45, 2.75) is 6.92 Å². The van der Waals surface area contributed by atoms with Gasteiger partial charge in [0.25, 0.3) is 0 Å². The molecule has 0 radical (unpaired) electrons. The minimum atomic E-state index is -0.201. The van der Waals surface area contributed by atoms with E-state index < -0.39 is 0 Å². The summed E-state index contributed by atoms with van der Waals surface area (Å²) in [5.41, 5.74) is 3.09. The average molecular weight is 265 g/mol. The summed E-state index contributed by atoms with van der Waals surface area (Å²) in [6.07, 6.45) is 0. The molecule has 0 N–H and O–H groups in total. The minimum Gasteiger partial charge on any atom is -0.207 e. The van der Waals surface area contributed by atoms with Gasteiger partial charge < -0.3 is 0 Å². The Kier molecular flexibility index (Phi) is 2.87. The first-order valence-corrected chi connectivity index (χ1v) is 5.48. The second-order valence-corrected chi connectivity index (χ2v) is 4.33. The fourth-order valence-electron chi connectivity index (χ4n) is 1.49. The van der Waals surface area contributed by atoms with Crippen LogP contribution in [0.15, 0.2) is 46.9 Å². The maximum atomic E-state index is 13.0. The molecule has 0 aliphatic heterocycles. The van der Waals surface area contributed by atoms with Crippen molar-refractivity contribution in [3.05, 3.63) is 58.3 Å². The molecule has 0 spiro atoms. The quantitative estimate of drug-likeness (QED) is 0.708. The van der Waals surface area contributed by atoms with Crippen LogP contribution in [0.1, 0.15) is 5.56 Å². The van der Waals surface area contributed by atoms with Crippen molar-refractivity contribution in [1.29, 1.82) is 0 Å². The molecule has 0 amide bonds. The van der Waals surface area contributed by atoms with Crippen molar-refractivity contribution in [3.8, 4) is 11.1 Å². The molecule has 0 atom stereocenters. The van der Waals surface area contributed by atoms with Crippen LogP contribution in [0.4, 0.5) is 4.39 Å². The lowest BCUT2D eigenvalue weighted by atomic mass is 10.0. The van der Waals surface area contributed by atoms with Gasteiger partial charge in [0.2, 0.25) is 0 Å². The first-order chi connectivity index (χ1) is 7.16. The molecule has 0 aliphatic rings. The molecule has 0 bridgehead atoms. The van der Waals surface area contributed by atoms with Crippen molar-refractivity contribution >= 4 is 15.9 Å². The van der Waals surface area contributed by atoms with E-state index in [-0.39, 0.29) is 5.82 Å². The van der Waals surface area contributed by atoms with E-state index in [2.05, 4.69) is 15.9 Å². The first kappa shape index (κ1) is 10.4. The lowest BCUT2D eigenvalue weighted by Crippen LogP contribution is -1.82. The first-order valence-electron chi connectivity index (χ1n) is 4.69. The SMILES string of the molecule is Cc1cc(-c2cccc(F)c2)ccc1Br. The van der Waals surface area contributed by atoms with Gasteiger partial charge in [-0.25, -0.2) is 4.39 Å². The van der Waals surface area contributed by atoms with Gasteiger partial charge >= 0.3 is 0 Å². The molecule has 0 saturated carbocycles. The maximum Gasteiger partial charge on any atom is 0.123 e. The van der Waals surface area contributed by atoms with Crippen molar-refractivity contribution in [1.82, 2.24) is 0 Å². The summed E-state index contributed by atoms with van der Waals surface area (Å²) in [5, 5.41) is 0. The highest BCUT2D eigenvalue weighted by atomic mass is 79.9. The third-order valence-electron chi connectivity index (χ3n) is 2.32. The van der Waals surface area contributed by atoms with Crippen molar-refractivity contribution in [2.75, 3.05) is 0 Å². The molecular weight excluding hydrogens is 255 g/mol. The van der Waals surface area contributed by atoms with Gasteiger partial charge in [-0.15, -0.1) is 0 Å². The van der Waals surface area contributed by atoms with E-state index in [1.54, 1.807) is 12.1 Å². The standard InChI is InChI=1S/C13H10BrF/c1-9-7-11(5-6-13(9)14)10-3-2-4-12(15)8-10/h2-8H,1H3. The highest BCUT2D eigenvalue weighted by Gasteiger charge is 2.01. The van der Waals surface area contributed by atoms with Crippen molar-refractivity contribution in [2.24, 2.45) is 0 Å². The molecule has 0 fully saturated rings. The number of hydrogen-bond donors (Lipinski definition) is 0. The van der Waals surface area contributed by atoms with Gasteiger partial charge in [0.15, 0.2) is 0 Å². The molecule has 2 heteroatoms. The zero-order chi connectivity index (χ0) is 10.8. The molecule has 2 aromatic carbocycles. The van der Waals surface area contributed by atoms with Crippen LogP contribution in [-0.2, 0) is 0 Å². The number of aryl methyl sites for hydroxylation is 1. The number of hydrogen-bond acceptors (Lipinski definition) is 0. The van der Waals surface area contributed by atoms with Crippen LogP contribution in [0.25, 0.3) is 11.1 Å². The fourth-order valence-corrected chi connectivity index (χ4v) is 1.74. The molecular formula is C13H10BrF. The topological polar surface area (TPSA) is 0 Å². The van der Waals surface area contributed by atoms with Gasteiger partial charge in [-0.05, 0) is 41.8 Å². The van der Waals surface area contributed by atoms with Gasteiger partial charge in [0.05, 0.1) is 0 Å². The van der Waals surface area contributed by atoms with Crippen LogP contribution in [0.2, 0.25) is 0 Å². The molecule has 76 valence electrons. The van der Waals surface area contributed by atoms with Crippen molar-refractivity contribution < 1.29 is 4.39 Å². The van der Waals surface area contributed by atoms with E-state index in [1.807, 2.05) is 31.2 Å². The molecule has 0 heterocycles. The lowest BCUT2D eigenvalue weighted by molar-refractivity contribution is 0.628. The Morgan fingerprint density at radius 2 is 1.73 bits per heavy atom. The normalized spacial score (nSPS) is 10.3. The molecule has 15 heavy (non-hydrogen) atoms. The van der Waals surface area contributed by atoms with E-state index in [0.29, 0.717) is 0 Å². The van der Waals surface area contributed by atoms with Gasteiger partial charge in [-0.2, -0.15) is 0 Å². The zero-order valence-corrected chi connectivity index (χ0v) is 9.88. The highest BCUT2D eigenvalue weighted by molar-refractivity contribution is 9.10. The summed E-state index contributed by atoms with van der Waals surface area (Å²) in [7, 11) is 0. The average Bonchev–Trinajstić information content (AvgIpc) is 2.22. The van der Waals surface area contributed by atoms with Crippen LogP contribution in [0, 0.1) is 12.7 Å². The largest absolute Gasteiger partial charge is 0.207 e. The van der Waals surface area contributed by atoms with Crippen LogP contribution < -0.4 is 0 Å². The Bertz CT molecular complexity index is 492. The molecule has 2 rings (SSSR count). The summed E-state index contributed by atoms with van der Waals surface area (Å²) in [4.78, 5) is 0. The Balaban J connectivity index is 2.50. The van der Waals surface area contributed by atoms with E-state index in [0.717, 1.165) is 21.2 Å². The van der Waals surface area contributed by atoms with E-state index in [9.17, 15) is 4.39 Å². The number of benzene rings is 2. The third-order valence-corrected chi connectivity index (χ3v) is 3.21. The number of halogens is 2. The summed E-state index contributed by atoms with van der Waals surface area (Å²) in [6.45, 7) is 2.02. The summed E-state index contributed by atoms with van der Waals surface area (Å²) in [6, 6.07) is 12.6. The van der Waals surface area contributed by atoms with Crippen LogP contribution >= 0.6 is 15.9 Å². The zero-order valence-electron chi connectivity index (χ0n) is 8.30. The third kappa shape index (κ3) is 2.26. The number of rotatable bonds is 1. The maximum absolute atomic E-state index is 13.0.